The van der Waals surface area contributed by atoms with Gasteiger partial charge in [0.05, 0.1) is 22.8 Å². The molecule has 0 unspecified atom stereocenters. The van der Waals surface area contributed by atoms with Crippen molar-refractivity contribution < 1.29 is 27.5 Å². The molecule has 15 heteroatoms. The number of methoxy groups -OCH3 is 1. The average molecular weight is 702 g/mol. The number of pyridine rings is 1. The van der Waals surface area contributed by atoms with Gasteiger partial charge in [-0.2, -0.15) is 8.78 Å². The average Bonchev–Trinajstić information content (AvgIpc) is 3.71. The fourth-order valence-electron chi connectivity index (χ4n) is 5.86. The van der Waals surface area contributed by atoms with Crippen molar-refractivity contribution in [2.24, 2.45) is 0 Å². The van der Waals surface area contributed by atoms with E-state index in [-0.39, 0.29) is 45.0 Å². The fourth-order valence-corrected chi connectivity index (χ4v) is 7.65. The molecule has 1 saturated heterocycles. The van der Waals surface area contributed by atoms with Crippen LogP contribution in [0.3, 0.4) is 0 Å². The van der Waals surface area contributed by atoms with E-state index in [0.29, 0.717) is 36.3 Å². The van der Waals surface area contributed by atoms with Gasteiger partial charge in [0.1, 0.15) is 22.8 Å². The number of halogens is 6. The Balaban J connectivity index is 1.37. The first kappa shape index (κ1) is 31.9. The van der Waals surface area contributed by atoms with Crippen molar-refractivity contribution in [3.63, 3.8) is 0 Å². The van der Waals surface area contributed by atoms with Crippen LogP contribution in [0.15, 0.2) is 38.9 Å². The highest BCUT2D eigenvalue weighted by molar-refractivity contribution is 7.99. The maximum absolute atomic E-state index is 14.1. The predicted octanol–water partition coefficient (Wildman–Crippen LogP) is 7.53. The van der Waals surface area contributed by atoms with Gasteiger partial charge in [0.25, 0.3) is 11.5 Å². The first-order valence-corrected chi connectivity index (χ1v) is 16.0. The number of hydrogen-bond acceptors (Lipinski definition) is 5. The number of anilines is 1. The van der Waals surface area contributed by atoms with Crippen LogP contribution < -0.4 is 15.2 Å². The Labute approximate surface area is 275 Å². The minimum atomic E-state index is -3.96. The number of urea groups is 1. The lowest BCUT2D eigenvalue weighted by atomic mass is 10.0. The van der Waals surface area contributed by atoms with E-state index < -0.39 is 33.9 Å². The zero-order valence-corrected chi connectivity index (χ0v) is 27.1. The Morgan fingerprint density at radius 1 is 1.09 bits per heavy atom. The molecule has 1 N–H and O–H groups in total. The van der Waals surface area contributed by atoms with Crippen LogP contribution in [0.25, 0.3) is 0 Å². The molecule has 0 bridgehead atoms. The third kappa shape index (κ3) is 5.97. The van der Waals surface area contributed by atoms with Crippen LogP contribution in [0.4, 0.5) is 23.7 Å². The minimum Gasteiger partial charge on any atom is -0.494 e. The Morgan fingerprint density at radius 3 is 2.40 bits per heavy atom. The Hall–Kier alpha value is -3.06. The maximum atomic E-state index is 14.1. The lowest BCUT2D eigenvalue weighted by Gasteiger charge is -2.36. The summed E-state index contributed by atoms with van der Waals surface area (Å²) in [5.74, 6) is -0.962. The molecule has 1 aliphatic carbocycles. The molecule has 3 aromatic rings. The van der Waals surface area contributed by atoms with E-state index in [1.165, 1.54) is 12.0 Å². The number of rotatable bonds is 7. The second-order valence-corrected chi connectivity index (χ2v) is 13.5. The van der Waals surface area contributed by atoms with Gasteiger partial charge in [0.15, 0.2) is 0 Å². The van der Waals surface area contributed by atoms with Crippen LogP contribution in [-0.4, -0.2) is 53.0 Å². The zero-order valence-electron chi connectivity index (χ0n) is 24.0. The Kier molecular flexibility index (Phi) is 8.47. The molecule has 2 aliphatic heterocycles. The Morgan fingerprint density at radius 2 is 1.78 bits per heavy atom. The van der Waals surface area contributed by atoms with Crippen molar-refractivity contribution in [2.45, 2.75) is 60.5 Å². The number of H-pyrrole nitrogens is 1. The number of benzene rings is 2. The number of aromatic nitrogens is 1. The first-order chi connectivity index (χ1) is 21.3. The van der Waals surface area contributed by atoms with E-state index in [4.69, 9.17) is 39.5 Å². The second kappa shape index (κ2) is 11.9. The molecule has 3 heterocycles. The van der Waals surface area contributed by atoms with Crippen molar-refractivity contribution in [3.05, 3.63) is 78.4 Å². The van der Waals surface area contributed by atoms with Gasteiger partial charge in [-0.25, -0.2) is 9.18 Å². The highest BCUT2D eigenvalue weighted by Crippen LogP contribution is 2.44. The van der Waals surface area contributed by atoms with Gasteiger partial charge in [-0.05, 0) is 78.7 Å². The molecule has 3 aliphatic rings. The van der Waals surface area contributed by atoms with Gasteiger partial charge in [-0.15, -0.1) is 0 Å². The molecule has 0 spiro atoms. The molecule has 8 nitrogen and oxygen atoms in total. The number of carbonyl (C=O) groups excluding carboxylic acids is 2. The van der Waals surface area contributed by atoms with Crippen LogP contribution in [0, 0.1) is 12.7 Å². The number of alkyl halides is 3. The number of nitrogens with zero attached hydrogens (tertiary/aromatic N) is 3. The van der Waals surface area contributed by atoms with Crippen molar-refractivity contribution >= 4 is 64.2 Å². The van der Waals surface area contributed by atoms with Crippen LogP contribution in [-0.2, 0) is 18.5 Å². The topological polar surface area (TPSA) is 85.9 Å². The molecule has 238 valence electrons. The first-order valence-electron chi connectivity index (χ1n) is 14.0. The van der Waals surface area contributed by atoms with Crippen LogP contribution >= 0.6 is 46.6 Å². The summed E-state index contributed by atoms with van der Waals surface area (Å²) >= 11 is 18.3. The molecule has 45 heavy (non-hydrogen) atoms. The summed E-state index contributed by atoms with van der Waals surface area (Å²) in [4.78, 5) is 47.6. The molecule has 3 amide bonds. The van der Waals surface area contributed by atoms with Crippen molar-refractivity contribution in [1.29, 1.82) is 0 Å². The molecule has 0 atom stereocenters. The number of fused-ring (bicyclic) bond motifs is 1. The number of nitrogens with one attached hydrogen (secondary N) is 1. The summed E-state index contributed by atoms with van der Waals surface area (Å²) in [5, 5.41) is -4.24. The second-order valence-electron chi connectivity index (χ2n) is 11.1. The van der Waals surface area contributed by atoms with Gasteiger partial charge in [0, 0.05) is 42.0 Å². The smallest absolute Gasteiger partial charge is 0.362 e. The van der Waals surface area contributed by atoms with E-state index in [1.54, 1.807) is 4.90 Å². The van der Waals surface area contributed by atoms with Gasteiger partial charge < -0.3 is 19.5 Å². The SMILES string of the molecule is COc1c(N2CCCN(C3CC3)C2=O)cc2c(c1C)CN(C(=O)c1c(Sc3c(Cl)cc(F)cc3Cl)cc(C(F)(F)Cl)[nH]c1=O)C2. The monoisotopic (exact) mass is 700 g/mol. The van der Waals surface area contributed by atoms with Crippen molar-refractivity contribution in [2.75, 3.05) is 25.1 Å². The number of hydrogen-bond donors (Lipinski definition) is 1. The summed E-state index contributed by atoms with van der Waals surface area (Å²) in [7, 11) is 1.52. The normalized spacial score (nSPS) is 16.8. The summed E-state index contributed by atoms with van der Waals surface area (Å²) < 4.78 is 47.9. The molecule has 1 aromatic heterocycles. The fraction of sp³-hybridized carbons (Fsp3) is 0.367. The lowest BCUT2D eigenvalue weighted by molar-refractivity contribution is 0.0740. The van der Waals surface area contributed by atoms with Crippen molar-refractivity contribution in [3.8, 4) is 5.75 Å². The third-order valence-electron chi connectivity index (χ3n) is 8.15. The maximum Gasteiger partial charge on any atom is 0.362 e. The molecule has 0 radical (unpaired) electrons. The van der Waals surface area contributed by atoms with E-state index >= 15 is 0 Å². The Bertz CT molecular complexity index is 1770. The zero-order chi connectivity index (χ0) is 32.4. The molecule has 6 rings (SSSR count). The summed E-state index contributed by atoms with van der Waals surface area (Å²) in [6.45, 7) is 3.23. The van der Waals surface area contributed by atoms with Crippen LogP contribution in [0.5, 0.6) is 5.75 Å². The van der Waals surface area contributed by atoms with E-state index in [2.05, 4.69) is 0 Å². The highest BCUT2D eigenvalue weighted by Gasteiger charge is 2.40. The van der Waals surface area contributed by atoms with Gasteiger partial charge in [-0.1, -0.05) is 35.0 Å². The van der Waals surface area contributed by atoms with Crippen LogP contribution in [0.2, 0.25) is 10.0 Å². The molecular weight excluding hydrogens is 676 g/mol. The number of aromatic amines is 1. The summed E-state index contributed by atoms with van der Waals surface area (Å²) in [5.41, 5.74) is 0.399. The van der Waals surface area contributed by atoms with Gasteiger partial charge in [0.2, 0.25) is 0 Å². The van der Waals surface area contributed by atoms with Gasteiger partial charge >= 0.3 is 11.4 Å². The van der Waals surface area contributed by atoms with Crippen molar-refractivity contribution in [1.82, 2.24) is 14.8 Å². The highest BCUT2D eigenvalue weighted by atomic mass is 35.5. The molecule has 2 fully saturated rings. The number of carbonyl (C=O) groups is 2. The predicted molar refractivity (Wildman–Crippen MR) is 166 cm³/mol. The van der Waals surface area contributed by atoms with E-state index in [1.807, 2.05) is 22.9 Å². The standard InChI is InChI=1S/C30H26Cl3F3N4O4S/c1-14-18-13-38(12-15(18)8-21(25(14)44-2)40-7-3-6-39(29(40)43)17-4-5-17)28(42)24-22(11-23(30(33,35)36)37-27(24)41)45-26-19(31)9-16(34)10-20(26)32/h8-11,17H,3-7,12-13H2,1-2H3,(H,37,41). The third-order valence-corrected chi connectivity index (χ3v) is 10.4. The summed E-state index contributed by atoms with van der Waals surface area (Å²) in [6.07, 6.45) is 2.77. The minimum absolute atomic E-state index is 0.0598. The molecular formula is C30H26Cl3F3N4O4S. The van der Waals surface area contributed by atoms with E-state index in [9.17, 15) is 27.6 Å². The lowest BCUT2D eigenvalue weighted by Crippen LogP contribution is -2.50. The quantitative estimate of drug-likeness (QED) is 0.258. The largest absolute Gasteiger partial charge is 0.494 e. The molecule has 2 aromatic carbocycles. The number of ether oxygens (including phenoxy) is 1. The van der Waals surface area contributed by atoms with Crippen LogP contribution in [0.1, 0.15) is 52.0 Å². The van der Waals surface area contributed by atoms with E-state index in [0.717, 1.165) is 54.2 Å². The van der Waals surface area contributed by atoms with Gasteiger partial charge in [-0.3, -0.25) is 14.5 Å². The molecule has 1 saturated carbocycles. The summed E-state index contributed by atoms with van der Waals surface area (Å²) in [6, 6.07) is 4.83. The number of amides is 3.